The summed E-state index contributed by atoms with van der Waals surface area (Å²) >= 11 is 0. The average Bonchev–Trinajstić information content (AvgIpc) is 3.16. The standard InChI is InChI=1S/C41H43F3N4O6/c1-5-23-48(4)37(51)33-24-27(25-35(49)54-26-40(38(52)45-6-2,39(53)46-7-3)29-13-9-8-10-14-29)17-22-34(33)47-36(50)32-16-12-11-15-31(32)28-18-20-30(21-19-28)41(42,43)44/h8-22,24H,5-7,23,25-26H2,1-4H3,(H,45,52)(H,46,53)(H,47,50). The van der Waals surface area contributed by atoms with Crippen LogP contribution in [0.3, 0.4) is 0 Å². The zero-order valence-corrected chi connectivity index (χ0v) is 30.5. The summed E-state index contributed by atoms with van der Waals surface area (Å²) in [6.07, 6.45) is -4.20. The molecule has 284 valence electrons. The molecule has 0 unspecified atom stereocenters. The Morgan fingerprint density at radius 1 is 0.722 bits per heavy atom. The largest absolute Gasteiger partial charge is 0.463 e. The first-order chi connectivity index (χ1) is 25.8. The monoisotopic (exact) mass is 744 g/mol. The summed E-state index contributed by atoms with van der Waals surface area (Å²) in [5.41, 5.74) is -0.856. The third-order valence-electron chi connectivity index (χ3n) is 8.68. The minimum absolute atomic E-state index is 0.0832. The van der Waals surface area contributed by atoms with Crippen molar-refractivity contribution in [3.63, 3.8) is 0 Å². The minimum Gasteiger partial charge on any atom is -0.463 e. The fraction of sp³-hybridized carbons (Fsp3) is 0.293. The average molecular weight is 745 g/mol. The van der Waals surface area contributed by atoms with Crippen LogP contribution in [0.4, 0.5) is 18.9 Å². The van der Waals surface area contributed by atoms with Gasteiger partial charge in [-0.3, -0.25) is 24.0 Å². The first kappa shape index (κ1) is 40.8. The first-order valence-electron chi connectivity index (χ1n) is 17.5. The Balaban J connectivity index is 1.63. The van der Waals surface area contributed by atoms with Crippen LogP contribution in [0.5, 0.6) is 0 Å². The van der Waals surface area contributed by atoms with Gasteiger partial charge in [-0.1, -0.05) is 73.7 Å². The van der Waals surface area contributed by atoms with Gasteiger partial charge in [-0.05, 0) is 72.9 Å². The van der Waals surface area contributed by atoms with Crippen molar-refractivity contribution < 1.29 is 41.9 Å². The minimum atomic E-state index is -4.52. The highest BCUT2D eigenvalue weighted by atomic mass is 19.4. The van der Waals surface area contributed by atoms with Crippen LogP contribution in [-0.2, 0) is 37.1 Å². The lowest BCUT2D eigenvalue weighted by molar-refractivity contribution is -0.150. The maximum absolute atomic E-state index is 13.7. The van der Waals surface area contributed by atoms with Gasteiger partial charge in [0.1, 0.15) is 6.61 Å². The Bertz CT molecular complexity index is 1950. The number of alkyl halides is 3. The smallest absolute Gasteiger partial charge is 0.416 e. The highest BCUT2D eigenvalue weighted by Crippen LogP contribution is 2.33. The quantitative estimate of drug-likeness (QED) is 0.0953. The number of carbonyl (C=O) groups is 5. The molecule has 0 saturated carbocycles. The van der Waals surface area contributed by atoms with E-state index in [1.54, 1.807) is 69.4 Å². The van der Waals surface area contributed by atoms with Crippen LogP contribution in [0.15, 0.2) is 97.1 Å². The second kappa shape index (κ2) is 18.2. The molecule has 0 bridgehead atoms. The van der Waals surface area contributed by atoms with E-state index in [0.717, 1.165) is 12.1 Å². The normalized spacial score (nSPS) is 11.3. The third-order valence-corrected chi connectivity index (χ3v) is 8.68. The van der Waals surface area contributed by atoms with Crippen molar-refractivity contribution in [1.29, 1.82) is 0 Å². The summed E-state index contributed by atoms with van der Waals surface area (Å²) in [7, 11) is 1.60. The van der Waals surface area contributed by atoms with E-state index in [4.69, 9.17) is 4.74 Å². The molecule has 4 rings (SSSR count). The molecule has 0 aromatic heterocycles. The SMILES string of the molecule is CCCN(C)C(=O)c1cc(CC(=O)OCC(C(=O)NCC)(C(=O)NCC)c2ccccc2)ccc1NC(=O)c1ccccc1-c1ccc(C(F)(F)F)cc1. The fourth-order valence-electron chi connectivity index (χ4n) is 5.92. The number of halogens is 3. The highest BCUT2D eigenvalue weighted by molar-refractivity contribution is 6.12. The predicted molar refractivity (Wildman–Crippen MR) is 199 cm³/mol. The summed E-state index contributed by atoms with van der Waals surface area (Å²) in [4.78, 5) is 69.2. The Kier molecular flexibility index (Phi) is 13.7. The summed E-state index contributed by atoms with van der Waals surface area (Å²) in [5, 5.41) is 8.14. The van der Waals surface area contributed by atoms with Crippen molar-refractivity contribution in [3.8, 4) is 11.1 Å². The number of esters is 1. The van der Waals surface area contributed by atoms with Gasteiger partial charge in [-0.15, -0.1) is 0 Å². The number of nitrogens with one attached hydrogen (secondary N) is 3. The molecule has 0 aliphatic heterocycles. The van der Waals surface area contributed by atoms with Crippen LogP contribution in [-0.4, -0.2) is 67.8 Å². The van der Waals surface area contributed by atoms with Crippen LogP contribution in [0.1, 0.15) is 64.6 Å². The molecule has 0 atom stereocenters. The lowest BCUT2D eigenvalue weighted by atomic mass is 9.79. The van der Waals surface area contributed by atoms with Gasteiger partial charge in [-0.25, -0.2) is 0 Å². The molecular weight excluding hydrogens is 701 g/mol. The van der Waals surface area contributed by atoms with Gasteiger partial charge < -0.3 is 25.6 Å². The van der Waals surface area contributed by atoms with Crippen LogP contribution in [0.25, 0.3) is 11.1 Å². The maximum atomic E-state index is 13.7. The molecule has 54 heavy (non-hydrogen) atoms. The van der Waals surface area contributed by atoms with Crippen LogP contribution >= 0.6 is 0 Å². The number of likely N-dealkylation sites (N-methyl/N-ethyl adjacent to an activating group) is 2. The number of carbonyl (C=O) groups excluding carboxylic acids is 5. The molecule has 3 N–H and O–H groups in total. The molecule has 0 heterocycles. The van der Waals surface area contributed by atoms with Gasteiger partial charge in [0.05, 0.1) is 23.2 Å². The summed E-state index contributed by atoms with van der Waals surface area (Å²) in [6.45, 7) is 5.58. The molecule has 0 fully saturated rings. The van der Waals surface area contributed by atoms with E-state index in [1.165, 1.54) is 41.3 Å². The highest BCUT2D eigenvalue weighted by Gasteiger charge is 2.48. The van der Waals surface area contributed by atoms with E-state index in [0.29, 0.717) is 35.2 Å². The van der Waals surface area contributed by atoms with E-state index in [2.05, 4.69) is 16.0 Å². The molecule has 0 aliphatic carbocycles. The van der Waals surface area contributed by atoms with Gasteiger partial charge >= 0.3 is 12.1 Å². The number of nitrogens with zero attached hydrogens (tertiary/aromatic N) is 1. The van der Waals surface area contributed by atoms with E-state index >= 15 is 0 Å². The second-order valence-corrected chi connectivity index (χ2v) is 12.5. The van der Waals surface area contributed by atoms with Gasteiger partial charge in [-0.2, -0.15) is 13.2 Å². The maximum Gasteiger partial charge on any atom is 0.416 e. The number of hydrogen-bond acceptors (Lipinski definition) is 6. The zero-order chi connectivity index (χ0) is 39.5. The molecule has 13 heteroatoms. The summed E-state index contributed by atoms with van der Waals surface area (Å²) in [5.74, 6) is -3.10. The topological polar surface area (TPSA) is 134 Å². The van der Waals surface area contributed by atoms with E-state index in [1.807, 2.05) is 6.92 Å². The number of anilines is 1. The third kappa shape index (κ3) is 9.51. The molecule has 4 aromatic carbocycles. The summed E-state index contributed by atoms with van der Waals surface area (Å²) < 4.78 is 45.2. The van der Waals surface area contributed by atoms with Gasteiger partial charge in [0.2, 0.25) is 11.8 Å². The Morgan fingerprint density at radius 2 is 1.33 bits per heavy atom. The molecule has 10 nitrogen and oxygen atoms in total. The Hall–Kier alpha value is -5.98. The van der Waals surface area contributed by atoms with Gasteiger partial charge in [0.15, 0.2) is 5.41 Å². The van der Waals surface area contributed by atoms with Crippen molar-refractivity contribution in [1.82, 2.24) is 15.5 Å². The number of benzene rings is 4. The van der Waals surface area contributed by atoms with Crippen LogP contribution < -0.4 is 16.0 Å². The molecule has 0 radical (unpaired) electrons. The van der Waals surface area contributed by atoms with Crippen molar-refractivity contribution in [2.45, 2.75) is 45.2 Å². The Morgan fingerprint density at radius 3 is 1.93 bits per heavy atom. The van der Waals surface area contributed by atoms with Crippen LogP contribution in [0.2, 0.25) is 0 Å². The van der Waals surface area contributed by atoms with E-state index in [9.17, 15) is 37.1 Å². The van der Waals surface area contributed by atoms with Crippen molar-refractivity contribution in [2.75, 3.05) is 38.6 Å². The predicted octanol–water partition coefficient (Wildman–Crippen LogP) is 6.40. The second-order valence-electron chi connectivity index (χ2n) is 12.5. The molecule has 0 spiro atoms. The molecular formula is C41H43F3N4O6. The van der Waals surface area contributed by atoms with E-state index in [-0.39, 0.29) is 36.3 Å². The fourth-order valence-corrected chi connectivity index (χ4v) is 5.92. The number of rotatable bonds is 15. The summed E-state index contributed by atoms with van der Waals surface area (Å²) in [6, 6.07) is 23.6. The van der Waals surface area contributed by atoms with Crippen molar-refractivity contribution >= 4 is 35.3 Å². The lowest BCUT2D eigenvalue weighted by Gasteiger charge is -2.31. The number of hydrogen-bond donors (Lipinski definition) is 3. The molecule has 0 saturated heterocycles. The van der Waals surface area contributed by atoms with E-state index < -0.39 is 53.4 Å². The van der Waals surface area contributed by atoms with Gasteiger partial charge in [0.25, 0.3) is 11.8 Å². The van der Waals surface area contributed by atoms with Crippen molar-refractivity contribution in [2.24, 2.45) is 0 Å². The molecule has 0 aliphatic rings. The van der Waals surface area contributed by atoms with Crippen molar-refractivity contribution in [3.05, 3.63) is 125 Å². The zero-order valence-electron chi connectivity index (χ0n) is 30.5. The molecule has 4 amide bonds. The van der Waals surface area contributed by atoms with Crippen LogP contribution in [0, 0.1) is 0 Å². The number of ether oxygens (including phenoxy) is 1. The number of amides is 4. The Labute approximate surface area is 312 Å². The lowest BCUT2D eigenvalue weighted by Crippen LogP contribution is -2.57. The first-order valence-corrected chi connectivity index (χ1v) is 17.5. The molecule has 4 aromatic rings. The van der Waals surface area contributed by atoms with Gasteiger partial charge in [0, 0.05) is 32.2 Å².